The normalized spacial score (nSPS) is 15.2. The van der Waals surface area contributed by atoms with Crippen LogP contribution in [-0.2, 0) is 4.84 Å². The summed E-state index contributed by atoms with van der Waals surface area (Å²) in [6, 6.07) is 3.87. The molecular formula is C18H18N4O3S. The number of thiazole rings is 1. The van der Waals surface area contributed by atoms with Gasteiger partial charge in [0.05, 0.1) is 12.3 Å². The highest BCUT2D eigenvalue weighted by Crippen LogP contribution is 2.38. The average molecular weight is 370 g/mol. The van der Waals surface area contributed by atoms with Crippen LogP contribution in [0.15, 0.2) is 34.1 Å². The van der Waals surface area contributed by atoms with Gasteiger partial charge in [0, 0.05) is 24.4 Å². The van der Waals surface area contributed by atoms with Crippen LogP contribution in [0.2, 0.25) is 0 Å². The number of oxazole rings is 1. The Kier molecular flexibility index (Phi) is 4.42. The number of aryl methyl sites for hydroxylation is 1. The minimum atomic E-state index is 0.00551. The summed E-state index contributed by atoms with van der Waals surface area (Å²) in [5, 5.41) is 5.07. The van der Waals surface area contributed by atoms with Crippen LogP contribution in [0.25, 0.3) is 21.3 Å². The molecule has 26 heavy (non-hydrogen) atoms. The summed E-state index contributed by atoms with van der Waals surface area (Å²) < 4.78 is 11.4. The second-order valence-corrected chi connectivity index (χ2v) is 7.12. The van der Waals surface area contributed by atoms with Gasteiger partial charge in [-0.2, -0.15) is 0 Å². The molecule has 0 bridgehead atoms. The number of aromatic nitrogens is 3. The summed E-state index contributed by atoms with van der Waals surface area (Å²) in [5.74, 6) is 0.868. The Bertz CT molecular complexity index is 947. The van der Waals surface area contributed by atoms with Crippen LogP contribution >= 0.6 is 11.3 Å². The van der Waals surface area contributed by atoms with Gasteiger partial charge in [-0.25, -0.2) is 9.97 Å². The topological polar surface area (TPSA) is 82.6 Å². The predicted molar refractivity (Wildman–Crippen MR) is 98.4 cm³/mol. The van der Waals surface area contributed by atoms with Gasteiger partial charge in [0.2, 0.25) is 5.89 Å². The molecule has 8 heteroatoms. The molecule has 1 aliphatic heterocycles. The number of hydrogen-bond donors (Lipinski definition) is 0. The van der Waals surface area contributed by atoms with Crippen molar-refractivity contribution in [2.45, 2.75) is 33.3 Å². The number of hydrogen-bond acceptors (Lipinski definition) is 8. The van der Waals surface area contributed by atoms with Gasteiger partial charge < -0.3 is 14.0 Å². The van der Waals surface area contributed by atoms with E-state index in [4.69, 9.17) is 14.0 Å². The lowest BCUT2D eigenvalue weighted by atomic mass is 10.2. The third kappa shape index (κ3) is 3.20. The first-order chi connectivity index (χ1) is 12.6. The Morgan fingerprint density at radius 2 is 2.19 bits per heavy atom. The maximum Gasteiger partial charge on any atom is 0.315 e. The zero-order valence-corrected chi connectivity index (χ0v) is 15.5. The van der Waals surface area contributed by atoms with E-state index in [1.165, 1.54) is 11.3 Å². The molecule has 0 radical (unpaired) electrons. The molecule has 0 atom stereocenters. The van der Waals surface area contributed by atoms with Crippen LogP contribution in [0.1, 0.15) is 31.7 Å². The van der Waals surface area contributed by atoms with E-state index in [9.17, 15) is 0 Å². The lowest BCUT2D eigenvalue weighted by Crippen LogP contribution is -2.16. The molecule has 0 fully saturated rings. The highest BCUT2D eigenvalue weighted by molar-refractivity contribution is 7.18. The fraction of sp³-hybridized carbons (Fsp3) is 0.333. The quantitative estimate of drug-likeness (QED) is 0.644. The molecule has 4 rings (SSSR count). The molecule has 0 unspecified atom stereocenters. The van der Waals surface area contributed by atoms with E-state index in [1.54, 1.807) is 12.4 Å². The fourth-order valence-electron chi connectivity index (χ4n) is 2.51. The molecule has 4 heterocycles. The summed E-state index contributed by atoms with van der Waals surface area (Å²) in [6.07, 6.45) is 4.17. The predicted octanol–water partition coefficient (Wildman–Crippen LogP) is 4.08. The molecule has 0 saturated carbocycles. The summed E-state index contributed by atoms with van der Waals surface area (Å²) in [7, 11) is 0. The maximum atomic E-state index is 5.84. The first-order valence-electron chi connectivity index (χ1n) is 8.36. The number of pyridine rings is 1. The molecule has 0 N–H and O–H groups in total. The van der Waals surface area contributed by atoms with Gasteiger partial charge in [0.25, 0.3) is 0 Å². The van der Waals surface area contributed by atoms with Crippen molar-refractivity contribution in [1.82, 2.24) is 15.0 Å². The smallest absolute Gasteiger partial charge is 0.315 e. The Labute approximate surface area is 154 Å². The maximum absolute atomic E-state index is 5.84. The number of ether oxygens (including phenoxy) is 1. The Morgan fingerprint density at radius 1 is 1.31 bits per heavy atom. The molecule has 3 aromatic rings. The van der Waals surface area contributed by atoms with Gasteiger partial charge in [-0.1, -0.05) is 5.16 Å². The van der Waals surface area contributed by atoms with E-state index in [2.05, 4.69) is 20.1 Å². The number of nitrogens with zero attached hydrogens (tertiary/aromatic N) is 4. The van der Waals surface area contributed by atoms with Crippen LogP contribution in [0.4, 0.5) is 0 Å². The lowest BCUT2D eigenvalue weighted by molar-refractivity contribution is 0.0846. The summed E-state index contributed by atoms with van der Waals surface area (Å²) in [6.45, 7) is 6.29. The number of fused-ring (bicyclic) bond motifs is 1. The molecule has 7 nitrogen and oxygen atoms in total. The van der Waals surface area contributed by atoms with Crippen LogP contribution in [0.5, 0.6) is 5.95 Å². The molecule has 0 spiro atoms. The Balaban J connectivity index is 1.70. The minimum Gasteiger partial charge on any atom is -0.463 e. The molecule has 3 aromatic heterocycles. The fourth-order valence-corrected chi connectivity index (χ4v) is 3.49. The summed E-state index contributed by atoms with van der Waals surface area (Å²) in [5.41, 5.74) is 3.16. The van der Waals surface area contributed by atoms with E-state index in [-0.39, 0.29) is 6.10 Å². The highest BCUT2D eigenvalue weighted by Gasteiger charge is 2.27. The third-order valence-corrected chi connectivity index (χ3v) is 4.91. The lowest BCUT2D eigenvalue weighted by Gasteiger charge is -2.12. The molecule has 134 valence electrons. The molecular weight excluding hydrogens is 352 g/mol. The highest BCUT2D eigenvalue weighted by atomic mass is 32.1. The van der Waals surface area contributed by atoms with Crippen molar-refractivity contribution in [2.24, 2.45) is 5.16 Å². The number of oxime groups is 1. The molecule has 0 amide bonds. The van der Waals surface area contributed by atoms with Crippen molar-refractivity contribution in [2.75, 3.05) is 6.61 Å². The van der Waals surface area contributed by atoms with Gasteiger partial charge in [0.15, 0.2) is 5.69 Å². The van der Waals surface area contributed by atoms with E-state index in [1.807, 2.05) is 32.9 Å². The van der Waals surface area contributed by atoms with Crippen LogP contribution in [0.3, 0.4) is 0 Å². The number of rotatable bonds is 4. The van der Waals surface area contributed by atoms with Crippen molar-refractivity contribution < 1.29 is 14.0 Å². The van der Waals surface area contributed by atoms with Crippen LogP contribution in [0, 0.1) is 6.92 Å². The molecule has 0 aliphatic carbocycles. The monoisotopic (exact) mass is 370 g/mol. The van der Waals surface area contributed by atoms with E-state index in [0.29, 0.717) is 30.6 Å². The van der Waals surface area contributed by atoms with Gasteiger partial charge in [-0.15, -0.1) is 11.3 Å². The second kappa shape index (κ2) is 6.87. The Hall–Kier alpha value is -2.74. The minimum absolute atomic E-state index is 0.00551. The van der Waals surface area contributed by atoms with Crippen molar-refractivity contribution in [3.05, 3.63) is 35.9 Å². The average Bonchev–Trinajstić information content (AvgIpc) is 3.24. The van der Waals surface area contributed by atoms with Crippen LogP contribution in [-0.4, -0.2) is 33.4 Å². The van der Waals surface area contributed by atoms with E-state index >= 15 is 0 Å². The van der Waals surface area contributed by atoms with Crippen molar-refractivity contribution >= 4 is 17.0 Å². The standard InChI is InChI=1S/C18H18N4O3S/c1-10(2)25-22-13-6-8-23-18-14(13)21-16(24-18)15-11(3)20-17(26-15)12-5-4-7-19-9-12/h4-5,7,9-10H,6,8H2,1-3H3/b22-13+. The largest absolute Gasteiger partial charge is 0.463 e. The van der Waals surface area contributed by atoms with E-state index < -0.39 is 0 Å². The first kappa shape index (κ1) is 16.7. The van der Waals surface area contributed by atoms with Gasteiger partial charge in [0.1, 0.15) is 21.7 Å². The van der Waals surface area contributed by atoms with E-state index in [0.717, 1.165) is 26.9 Å². The zero-order chi connectivity index (χ0) is 18.1. The van der Waals surface area contributed by atoms with Gasteiger partial charge in [-0.05, 0) is 32.9 Å². The SMILES string of the molecule is Cc1nc(-c2cccnc2)sc1-c1nc2c(o1)OCC/C2=N\OC(C)C. The molecule has 0 saturated heterocycles. The third-order valence-electron chi connectivity index (χ3n) is 3.71. The molecule has 0 aromatic carbocycles. The Morgan fingerprint density at radius 3 is 2.96 bits per heavy atom. The van der Waals surface area contributed by atoms with Crippen molar-refractivity contribution in [3.8, 4) is 27.3 Å². The van der Waals surface area contributed by atoms with Crippen molar-refractivity contribution in [1.29, 1.82) is 0 Å². The second-order valence-electron chi connectivity index (χ2n) is 6.12. The van der Waals surface area contributed by atoms with Crippen molar-refractivity contribution in [3.63, 3.8) is 0 Å². The van der Waals surface area contributed by atoms with Crippen LogP contribution < -0.4 is 4.74 Å². The first-order valence-corrected chi connectivity index (χ1v) is 9.18. The van der Waals surface area contributed by atoms with Gasteiger partial charge in [-0.3, -0.25) is 4.98 Å². The molecule has 1 aliphatic rings. The zero-order valence-electron chi connectivity index (χ0n) is 14.7. The van der Waals surface area contributed by atoms with Gasteiger partial charge >= 0.3 is 5.95 Å². The summed E-state index contributed by atoms with van der Waals surface area (Å²) >= 11 is 1.51. The summed E-state index contributed by atoms with van der Waals surface area (Å²) in [4.78, 5) is 19.6.